The monoisotopic (exact) mass is 329 g/mol. The van der Waals surface area contributed by atoms with Gasteiger partial charge in [0.25, 0.3) is 11.5 Å². The minimum Gasteiger partial charge on any atom is -0.481 e. The van der Waals surface area contributed by atoms with E-state index in [2.05, 4.69) is 5.10 Å². The molecule has 1 heterocycles. The van der Waals surface area contributed by atoms with Crippen LogP contribution in [0, 0.1) is 0 Å². The molecule has 0 radical (unpaired) electrons. The Balaban J connectivity index is 2.10. The Labute approximate surface area is 139 Å². The topological polar surface area (TPSA) is 92.5 Å². The lowest BCUT2D eigenvalue weighted by Crippen LogP contribution is -2.32. The van der Waals surface area contributed by atoms with Gasteiger partial charge in [0, 0.05) is 26.1 Å². The smallest absolute Gasteiger partial charge is 0.303 e. The number of carbonyl (C=O) groups excluding carboxylic acids is 1. The highest BCUT2D eigenvalue weighted by Crippen LogP contribution is 2.03. The Kier molecular flexibility index (Phi) is 5.83. The summed E-state index contributed by atoms with van der Waals surface area (Å²) >= 11 is 0. The lowest BCUT2D eigenvalue weighted by molar-refractivity contribution is -0.137. The van der Waals surface area contributed by atoms with Crippen molar-refractivity contribution in [2.24, 2.45) is 0 Å². The number of aromatic nitrogens is 2. The third-order valence-electron chi connectivity index (χ3n) is 3.49. The number of hydrogen-bond acceptors (Lipinski definition) is 4. The van der Waals surface area contributed by atoms with Gasteiger partial charge in [0.1, 0.15) is 5.69 Å². The van der Waals surface area contributed by atoms with Crippen LogP contribution < -0.4 is 5.56 Å². The zero-order chi connectivity index (χ0) is 17.5. The van der Waals surface area contributed by atoms with E-state index in [0.717, 1.165) is 5.56 Å². The summed E-state index contributed by atoms with van der Waals surface area (Å²) in [5.41, 5.74) is 0.777. The molecule has 24 heavy (non-hydrogen) atoms. The highest BCUT2D eigenvalue weighted by atomic mass is 16.4. The van der Waals surface area contributed by atoms with Crippen molar-refractivity contribution in [2.75, 3.05) is 13.6 Å². The second-order valence-corrected chi connectivity index (χ2v) is 5.42. The van der Waals surface area contributed by atoms with Crippen molar-refractivity contribution in [3.63, 3.8) is 0 Å². The predicted molar refractivity (Wildman–Crippen MR) is 87.9 cm³/mol. The predicted octanol–water partition coefficient (Wildman–Crippen LogP) is 1.23. The molecule has 0 aliphatic heterocycles. The highest BCUT2D eigenvalue weighted by molar-refractivity contribution is 5.91. The first-order valence-electron chi connectivity index (χ1n) is 7.56. The average Bonchev–Trinajstić information content (AvgIpc) is 2.56. The molecule has 1 aromatic carbocycles. The van der Waals surface area contributed by atoms with E-state index in [1.54, 1.807) is 7.05 Å². The molecule has 0 fully saturated rings. The summed E-state index contributed by atoms with van der Waals surface area (Å²) in [6.45, 7) is 0.591. The highest BCUT2D eigenvalue weighted by Gasteiger charge is 2.15. The van der Waals surface area contributed by atoms with Crippen LogP contribution in [0.25, 0.3) is 0 Å². The number of rotatable bonds is 7. The van der Waals surface area contributed by atoms with E-state index in [-0.39, 0.29) is 30.1 Å². The quantitative estimate of drug-likeness (QED) is 0.825. The molecule has 0 bridgehead atoms. The summed E-state index contributed by atoms with van der Waals surface area (Å²) in [6.07, 6.45) is 0.361. The van der Waals surface area contributed by atoms with Gasteiger partial charge in [0.15, 0.2) is 0 Å². The second kappa shape index (κ2) is 8.05. The lowest BCUT2D eigenvalue weighted by atomic mass is 10.2. The molecule has 0 saturated carbocycles. The summed E-state index contributed by atoms with van der Waals surface area (Å²) in [5.74, 6) is -1.24. The van der Waals surface area contributed by atoms with Crippen molar-refractivity contribution in [3.8, 4) is 0 Å². The number of hydrogen-bond donors (Lipinski definition) is 1. The van der Waals surface area contributed by atoms with Gasteiger partial charge in [-0.2, -0.15) is 5.10 Å². The molecular formula is C17H19N3O4. The third kappa shape index (κ3) is 4.77. The van der Waals surface area contributed by atoms with Crippen LogP contribution in [-0.4, -0.2) is 45.3 Å². The number of amides is 1. The van der Waals surface area contributed by atoms with E-state index < -0.39 is 5.97 Å². The molecule has 1 amide bonds. The summed E-state index contributed by atoms with van der Waals surface area (Å²) in [5, 5.41) is 12.8. The zero-order valence-corrected chi connectivity index (χ0v) is 13.4. The maximum atomic E-state index is 12.3. The Morgan fingerprint density at radius 2 is 1.88 bits per heavy atom. The molecule has 0 aliphatic rings. The number of benzene rings is 1. The fourth-order valence-corrected chi connectivity index (χ4v) is 2.20. The Morgan fingerprint density at radius 3 is 2.54 bits per heavy atom. The fraction of sp³-hybridized carbons (Fsp3) is 0.294. The zero-order valence-electron chi connectivity index (χ0n) is 13.4. The van der Waals surface area contributed by atoms with E-state index in [1.807, 2.05) is 30.3 Å². The van der Waals surface area contributed by atoms with Gasteiger partial charge in [-0.3, -0.25) is 14.4 Å². The summed E-state index contributed by atoms with van der Waals surface area (Å²) < 4.78 is 1.24. The molecule has 126 valence electrons. The SMILES string of the molecule is CN(CCCC(=O)O)C(=O)c1ccc(=O)n(Cc2ccccc2)n1. The van der Waals surface area contributed by atoms with Crippen LogP contribution in [0.1, 0.15) is 28.9 Å². The van der Waals surface area contributed by atoms with Crippen molar-refractivity contribution >= 4 is 11.9 Å². The van der Waals surface area contributed by atoms with E-state index in [9.17, 15) is 14.4 Å². The van der Waals surface area contributed by atoms with Crippen LogP contribution in [0.3, 0.4) is 0 Å². The first-order valence-corrected chi connectivity index (χ1v) is 7.56. The van der Waals surface area contributed by atoms with E-state index in [0.29, 0.717) is 13.0 Å². The summed E-state index contributed by atoms with van der Waals surface area (Å²) in [6, 6.07) is 12.1. The maximum absolute atomic E-state index is 12.3. The maximum Gasteiger partial charge on any atom is 0.303 e. The van der Waals surface area contributed by atoms with Gasteiger partial charge in [-0.15, -0.1) is 0 Å². The van der Waals surface area contributed by atoms with Crippen molar-refractivity contribution in [2.45, 2.75) is 19.4 Å². The standard InChI is InChI=1S/C17H19N3O4/c1-19(11-5-8-16(22)23)17(24)14-9-10-15(21)20(18-14)12-13-6-3-2-4-7-13/h2-4,6-7,9-10H,5,8,11-12H2,1H3,(H,22,23). The molecule has 2 rings (SSSR count). The van der Waals surface area contributed by atoms with Gasteiger partial charge in [-0.1, -0.05) is 30.3 Å². The fourth-order valence-electron chi connectivity index (χ4n) is 2.20. The minimum absolute atomic E-state index is 0.00143. The van der Waals surface area contributed by atoms with Crippen LogP contribution >= 0.6 is 0 Å². The Bertz CT molecular complexity index is 771. The number of nitrogens with zero attached hydrogens (tertiary/aromatic N) is 3. The lowest BCUT2D eigenvalue weighted by Gasteiger charge is -2.16. The molecule has 0 saturated heterocycles. The average molecular weight is 329 g/mol. The van der Waals surface area contributed by atoms with Gasteiger partial charge in [0.05, 0.1) is 6.54 Å². The number of aliphatic carboxylic acids is 1. The summed E-state index contributed by atoms with van der Waals surface area (Å²) in [7, 11) is 1.58. The van der Waals surface area contributed by atoms with Crippen LogP contribution in [0.4, 0.5) is 0 Å². The van der Waals surface area contributed by atoms with Crippen molar-refractivity contribution in [1.82, 2.24) is 14.7 Å². The first kappa shape index (κ1) is 17.4. The van der Waals surface area contributed by atoms with Crippen molar-refractivity contribution in [3.05, 3.63) is 64.1 Å². The van der Waals surface area contributed by atoms with Gasteiger partial charge in [-0.05, 0) is 18.1 Å². The van der Waals surface area contributed by atoms with E-state index in [4.69, 9.17) is 5.11 Å². The molecule has 2 aromatic rings. The number of carboxylic acids is 1. The van der Waals surface area contributed by atoms with Gasteiger partial charge < -0.3 is 10.0 Å². The molecule has 1 aromatic heterocycles. The molecule has 0 spiro atoms. The van der Waals surface area contributed by atoms with Gasteiger partial charge in [-0.25, -0.2) is 4.68 Å². The third-order valence-corrected chi connectivity index (χ3v) is 3.49. The van der Waals surface area contributed by atoms with E-state index >= 15 is 0 Å². The normalized spacial score (nSPS) is 10.4. The molecule has 0 unspecified atom stereocenters. The molecule has 7 heteroatoms. The first-order chi connectivity index (χ1) is 11.5. The van der Waals surface area contributed by atoms with Crippen LogP contribution in [-0.2, 0) is 11.3 Å². The van der Waals surface area contributed by atoms with E-state index in [1.165, 1.54) is 21.7 Å². The molecule has 0 aliphatic carbocycles. The van der Waals surface area contributed by atoms with Gasteiger partial charge >= 0.3 is 5.97 Å². The van der Waals surface area contributed by atoms with Crippen LogP contribution in [0.2, 0.25) is 0 Å². The summed E-state index contributed by atoms with van der Waals surface area (Å²) in [4.78, 5) is 36.2. The Morgan fingerprint density at radius 1 is 1.17 bits per heavy atom. The number of carboxylic acid groups (broad SMARTS) is 1. The molecule has 7 nitrogen and oxygen atoms in total. The van der Waals surface area contributed by atoms with Crippen LogP contribution in [0.5, 0.6) is 0 Å². The number of carbonyl (C=O) groups is 2. The minimum atomic E-state index is -0.898. The largest absolute Gasteiger partial charge is 0.481 e. The Hall–Kier alpha value is -2.96. The van der Waals surface area contributed by atoms with Crippen LogP contribution in [0.15, 0.2) is 47.3 Å². The van der Waals surface area contributed by atoms with Crippen molar-refractivity contribution < 1.29 is 14.7 Å². The van der Waals surface area contributed by atoms with Crippen molar-refractivity contribution in [1.29, 1.82) is 0 Å². The molecule has 0 atom stereocenters. The molecular weight excluding hydrogens is 310 g/mol. The molecule has 1 N–H and O–H groups in total. The second-order valence-electron chi connectivity index (χ2n) is 5.42. The van der Waals surface area contributed by atoms with Gasteiger partial charge in [0.2, 0.25) is 0 Å².